The van der Waals surface area contributed by atoms with Crippen LogP contribution in [0.5, 0.6) is 0 Å². The van der Waals surface area contributed by atoms with Crippen molar-refractivity contribution in [2.24, 2.45) is 0 Å². The summed E-state index contributed by atoms with van der Waals surface area (Å²) in [5.74, 6) is -0.152. The lowest BCUT2D eigenvalue weighted by atomic mass is 10.1. The second-order valence-electron chi connectivity index (χ2n) is 6.01. The van der Waals surface area contributed by atoms with Crippen LogP contribution < -0.4 is 5.32 Å². The lowest BCUT2D eigenvalue weighted by Crippen LogP contribution is -2.07. The van der Waals surface area contributed by atoms with Crippen LogP contribution in [0.3, 0.4) is 0 Å². The highest BCUT2D eigenvalue weighted by Gasteiger charge is 2.06. The number of benzene rings is 1. The number of aryl methyl sites for hydroxylation is 1. The van der Waals surface area contributed by atoms with Crippen LogP contribution in [-0.2, 0) is 4.79 Å². The topological polar surface area (TPSA) is 46.4 Å². The predicted octanol–water partition coefficient (Wildman–Crippen LogP) is 5.02. The van der Waals surface area contributed by atoms with E-state index in [1.807, 2.05) is 77.6 Å². The number of carbonyl (C=O) groups is 1. The normalized spacial score (nSPS) is 11.3. The van der Waals surface area contributed by atoms with Gasteiger partial charge in [0.25, 0.3) is 0 Å². The van der Waals surface area contributed by atoms with Crippen LogP contribution in [0, 0.1) is 6.92 Å². The zero-order valence-corrected chi connectivity index (χ0v) is 15.0. The molecule has 0 aliphatic heterocycles. The van der Waals surface area contributed by atoms with E-state index in [0.717, 1.165) is 27.5 Å². The van der Waals surface area contributed by atoms with Crippen molar-refractivity contribution in [1.82, 2.24) is 9.38 Å². The van der Waals surface area contributed by atoms with Gasteiger partial charge >= 0.3 is 0 Å². The Kier molecular flexibility index (Phi) is 4.37. The van der Waals surface area contributed by atoms with Crippen LogP contribution >= 0.6 is 11.3 Å². The summed E-state index contributed by atoms with van der Waals surface area (Å²) in [5.41, 5.74) is 4.67. The number of fused-ring (bicyclic) bond motifs is 1. The molecule has 0 aliphatic carbocycles. The number of nitrogens with one attached hydrogen (secondary N) is 1. The van der Waals surface area contributed by atoms with E-state index in [-0.39, 0.29) is 5.91 Å². The maximum atomic E-state index is 12.1. The molecule has 1 N–H and O–H groups in total. The van der Waals surface area contributed by atoms with Gasteiger partial charge in [0.2, 0.25) is 5.91 Å². The first-order chi connectivity index (χ1) is 12.7. The lowest BCUT2D eigenvalue weighted by Gasteiger charge is -2.04. The Bertz CT molecular complexity index is 1090. The van der Waals surface area contributed by atoms with Crippen LogP contribution in [-0.4, -0.2) is 15.3 Å². The number of hydrogen-bond donors (Lipinski definition) is 1. The Labute approximate surface area is 155 Å². The van der Waals surface area contributed by atoms with Gasteiger partial charge in [0.05, 0.1) is 5.69 Å². The Morgan fingerprint density at radius 3 is 2.96 bits per heavy atom. The summed E-state index contributed by atoms with van der Waals surface area (Å²) in [4.78, 5) is 17.8. The van der Waals surface area contributed by atoms with E-state index in [0.29, 0.717) is 0 Å². The van der Waals surface area contributed by atoms with Gasteiger partial charge in [0, 0.05) is 34.6 Å². The largest absolute Gasteiger partial charge is 0.322 e. The van der Waals surface area contributed by atoms with E-state index in [2.05, 4.69) is 16.4 Å². The first kappa shape index (κ1) is 16.3. The molecule has 1 amide bonds. The first-order valence-electron chi connectivity index (χ1n) is 8.26. The van der Waals surface area contributed by atoms with E-state index in [1.165, 1.54) is 5.56 Å². The Balaban J connectivity index is 1.54. The zero-order valence-electron chi connectivity index (χ0n) is 14.2. The molecule has 0 saturated heterocycles. The van der Waals surface area contributed by atoms with E-state index >= 15 is 0 Å². The maximum absolute atomic E-state index is 12.1. The fraction of sp³-hybridized carbons (Fsp3) is 0.0476. The Hall–Kier alpha value is -3.18. The van der Waals surface area contributed by atoms with Gasteiger partial charge in [-0.05, 0) is 54.3 Å². The second-order valence-corrected chi connectivity index (χ2v) is 6.99. The highest BCUT2D eigenvalue weighted by Crippen LogP contribution is 2.23. The van der Waals surface area contributed by atoms with E-state index in [9.17, 15) is 4.79 Å². The lowest BCUT2D eigenvalue weighted by molar-refractivity contribution is -0.111. The number of carbonyl (C=O) groups excluding carboxylic acids is 1. The van der Waals surface area contributed by atoms with Gasteiger partial charge < -0.3 is 9.72 Å². The van der Waals surface area contributed by atoms with Crippen molar-refractivity contribution < 1.29 is 4.79 Å². The Morgan fingerprint density at radius 2 is 2.12 bits per heavy atom. The van der Waals surface area contributed by atoms with E-state index in [1.54, 1.807) is 17.4 Å². The molecule has 4 aromatic rings. The third-order valence-corrected chi connectivity index (χ3v) is 4.82. The summed E-state index contributed by atoms with van der Waals surface area (Å²) in [7, 11) is 0. The molecule has 0 fully saturated rings. The van der Waals surface area contributed by atoms with Crippen LogP contribution in [0.25, 0.3) is 23.0 Å². The highest BCUT2D eigenvalue weighted by atomic mass is 32.1. The van der Waals surface area contributed by atoms with E-state index < -0.39 is 0 Å². The monoisotopic (exact) mass is 359 g/mol. The van der Waals surface area contributed by atoms with Crippen LogP contribution in [0.15, 0.2) is 72.4 Å². The number of pyridine rings is 1. The number of aromatic nitrogens is 2. The minimum absolute atomic E-state index is 0.152. The molecule has 0 unspecified atom stereocenters. The van der Waals surface area contributed by atoms with Gasteiger partial charge in [-0.2, -0.15) is 0 Å². The molecule has 0 spiro atoms. The third-order valence-electron chi connectivity index (χ3n) is 3.98. The molecule has 4 rings (SSSR count). The van der Waals surface area contributed by atoms with E-state index in [4.69, 9.17) is 0 Å². The van der Waals surface area contributed by atoms with Crippen molar-refractivity contribution in [1.29, 1.82) is 0 Å². The molecule has 0 bridgehead atoms. The molecule has 5 heteroatoms. The summed E-state index contributed by atoms with van der Waals surface area (Å²) in [6, 6.07) is 15.8. The molecule has 128 valence electrons. The third kappa shape index (κ3) is 3.58. The summed E-state index contributed by atoms with van der Waals surface area (Å²) >= 11 is 1.60. The van der Waals surface area contributed by atoms with Gasteiger partial charge in [-0.25, -0.2) is 4.98 Å². The smallest absolute Gasteiger partial charge is 0.248 e. The zero-order chi connectivity index (χ0) is 17.9. The number of amides is 1. The fourth-order valence-electron chi connectivity index (χ4n) is 2.71. The summed E-state index contributed by atoms with van der Waals surface area (Å²) < 4.78 is 2.00. The predicted molar refractivity (Wildman–Crippen MR) is 107 cm³/mol. The summed E-state index contributed by atoms with van der Waals surface area (Å²) in [6.45, 7) is 2.05. The minimum atomic E-state index is -0.152. The molecule has 3 heterocycles. The van der Waals surface area contributed by atoms with Crippen molar-refractivity contribution in [2.75, 3.05) is 5.32 Å². The fourth-order valence-corrected chi connectivity index (χ4v) is 3.32. The molecular weight excluding hydrogens is 342 g/mol. The standard InChI is InChI=1S/C21H17N3OS/c1-15-9-10-24-14-19(23-20(24)12-15)16-4-2-5-17(13-16)22-21(25)8-7-18-6-3-11-26-18/h2-14H,1H3,(H,22,25)/b8-7+. The van der Waals surface area contributed by atoms with Crippen molar-refractivity contribution >= 4 is 34.7 Å². The van der Waals surface area contributed by atoms with Gasteiger partial charge in [0.1, 0.15) is 5.65 Å². The molecule has 4 nitrogen and oxygen atoms in total. The maximum Gasteiger partial charge on any atom is 0.248 e. The SMILES string of the molecule is Cc1ccn2cc(-c3cccc(NC(=O)/C=C/c4cccs4)c3)nc2c1. The average Bonchev–Trinajstić information content (AvgIpc) is 3.29. The molecule has 0 atom stereocenters. The van der Waals surface area contributed by atoms with Crippen molar-refractivity contribution in [2.45, 2.75) is 6.92 Å². The quantitative estimate of drug-likeness (QED) is 0.520. The molecule has 0 radical (unpaired) electrons. The molecule has 0 saturated carbocycles. The summed E-state index contributed by atoms with van der Waals surface area (Å²) in [5, 5.41) is 4.89. The van der Waals surface area contributed by atoms with Gasteiger partial charge in [-0.1, -0.05) is 18.2 Å². The number of anilines is 1. The van der Waals surface area contributed by atoms with Crippen molar-refractivity contribution in [3.05, 3.63) is 82.8 Å². The minimum Gasteiger partial charge on any atom is -0.322 e. The molecule has 3 aromatic heterocycles. The number of thiophene rings is 1. The first-order valence-corrected chi connectivity index (χ1v) is 9.14. The number of rotatable bonds is 4. The second kappa shape index (κ2) is 6.98. The molecule has 0 aliphatic rings. The number of hydrogen-bond acceptors (Lipinski definition) is 3. The van der Waals surface area contributed by atoms with Crippen molar-refractivity contribution in [3.8, 4) is 11.3 Å². The van der Waals surface area contributed by atoms with Crippen LogP contribution in [0.4, 0.5) is 5.69 Å². The van der Waals surface area contributed by atoms with Gasteiger partial charge in [-0.3, -0.25) is 4.79 Å². The van der Waals surface area contributed by atoms with Crippen LogP contribution in [0.2, 0.25) is 0 Å². The van der Waals surface area contributed by atoms with Crippen molar-refractivity contribution in [3.63, 3.8) is 0 Å². The highest BCUT2D eigenvalue weighted by molar-refractivity contribution is 7.10. The van der Waals surface area contributed by atoms with Gasteiger partial charge in [0.15, 0.2) is 0 Å². The Morgan fingerprint density at radius 1 is 1.19 bits per heavy atom. The average molecular weight is 359 g/mol. The molecular formula is C21H17N3OS. The number of imidazole rings is 1. The molecule has 26 heavy (non-hydrogen) atoms. The van der Waals surface area contributed by atoms with Crippen LogP contribution in [0.1, 0.15) is 10.4 Å². The molecule has 1 aromatic carbocycles. The number of nitrogens with zero attached hydrogens (tertiary/aromatic N) is 2. The summed E-state index contributed by atoms with van der Waals surface area (Å²) in [6.07, 6.45) is 7.36. The van der Waals surface area contributed by atoms with Gasteiger partial charge in [-0.15, -0.1) is 11.3 Å².